The molecule has 0 atom stereocenters. The van der Waals surface area contributed by atoms with Gasteiger partial charge >= 0.3 is 6.18 Å². The standard InChI is InChI=1S/C20H23F3N6O2/c1-13-5-6-14(16(10-13)31-12-20(21,22)23)11-26-19(24-2)25-8-7-17-27-18(29-28-17)15-4-3-9-30-15/h3-6,9-10H,7-8,11-12H2,1-2H3,(H2,24,25,26)(H,27,28,29). The molecule has 31 heavy (non-hydrogen) atoms. The Morgan fingerprint density at radius 3 is 2.81 bits per heavy atom. The molecule has 3 N–H and O–H groups in total. The summed E-state index contributed by atoms with van der Waals surface area (Å²) in [6.07, 6.45) is -2.29. The van der Waals surface area contributed by atoms with Crippen LogP contribution in [0.4, 0.5) is 13.2 Å². The number of aliphatic imine (C=N–C) groups is 1. The Bertz CT molecular complexity index is 999. The van der Waals surface area contributed by atoms with Gasteiger partial charge < -0.3 is 19.8 Å². The number of halogens is 3. The highest BCUT2D eigenvalue weighted by Gasteiger charge is 2.28. The fourth-order valence-electron chi connectivity index (χ4n) is 2.72. The van der Waals surface area contributed by atoms with Crippen LogP contribution in [0.15, 0.2) is 46.0 Å². The lowest BCUT2D eigenvalue weighted by molar-refractivity contribution is -0.153. The van der Waals surface area contributed by atoms with E-state index in [0.717, 1.165) is 5.56 Å². The number of aromatic amines is 1. The Labute approximate surface area is 176 Å². The van der Waals surface area contributed by atoms with E-state index >= 15 is 0 Å². The Hall–Kier alpha value is -3.50. The topological polar surface area (TPSA) is 100 Å². The smallest absolute Gasteiger partial charge is 0.422 e. The lowest BCUT2D eigenvalue weighted by atomic mass is 10.1. The number of rotatable bonds is 8. The van der Waals surface area contributed by atoms with Crippen molar-refractivity contribution in [2.45, 2.75) is 26.1 Å². The maximum Gasteiger partial charge on any atom is 0.422 e. The van der Waals surface area contributed by atoms with Gasteiger partial charge in [0.1, 0.15) is 11.6 Å². The first-order valence-electron chi connectivity index (χ1n) is 9.53. The molecule has 0 aliphatic carbocycles. The molecule has 166 valence electrons. The quantitative estimate of drug-likeness (QED) is 0.370. The number of furan rings is 1. The van der Waals surface area contributed by atoms with Crippen molar-refractivity contribution >= 4 is 5.96 Å². The Kier molecular flexibility index (Phi) is 7.16. The number of aromatic nitrogens is 3. The molecule has 0 fully saturated rings. The molecule has 0 bridgehead atoms. The average Bonchev–Trinajstić information content (AvgIpc) is 3.41. The summed E-state index contributed by atoms with van der Waals surface area (Å²) < 4.78 is 47.8. The summed E-state index contributed by atoms with van der Waals surface area (Å²) in [6.45, 7) is 1.21. The van der Waals surface area contributed by atoms with Gasteiger partial charge in [0.05, 0.1) is 6.26 Å². The van der Waals surface area contributed by atoms with Gasteiger partial charge in [-0.25, -0.2) is 4.98 Å². The van der Waals surface area contributed by atoms with Crippen LogP contribution in [-0.2, 0) is 13.0 Å². The molecular formula is C20H23F3N6O2. The molecular weight excluding hydrogens is 413 g/mol. The molecule has 0 spiro atoms. The van der Waals surface area contributed by atoms with Gasteiger partial charge in [-0.05, 0) is 30.7 Å². The molecule has 3 aromatic rings. The van der Waals surface area contributed by atoms with Gasteiger partial charge in [-0.15, -0.1) is 0 Å². The van der Waals surface area contributed by atoms with Gasteiger partial charge in [-0.2, -0.15) is 18.3 Å². The van der Waals surface area contributed by atoms with Crippen LogP contribution >= 0.6 is 0 Å². The molecule has 0 aliphatic heterocycles. The van der Waals surface area contributed by atoms with E-state index < -0.39 is 12.8 Å². The molecule has 8 nitrogen and oxygen atoms in total. The number of nitrogens with one attached hydrogen (secondary N) is 3. The SMILES string of the molecule is CN=C(NCCc1nc(-c2ccco2)n[nH]1)NCc1ccc(C)cc1OCC(F)(F)F. The number of hydrogen-bond acceptors (Lipinski definition) is 5. The molecule has 0 amide bonds. The number of guanidine groups is 1. The van der Waals surface area contributed by atoms with Crippen molar-refractivity contribution in [3.63, 3.8) is 0 Å². The summed E-state index contributed by atoms with van der Waals surface area (Å²) in [5.41, 5.74) is 1.40. The van der Waals surface area contributed by atoms with E-state index in [4.69, 9.17) is 9.15 Å². The lowest BCUT2D eigenvalue weighted by Crippen LogP contribution is -2.38. The van der Waals surface area contributed by atoms with Crippen molar-refractivity contribution in [2.24, 2.45) is 4.99 Å². The summed E-state index contributed by atoms with van der Waals surface area (Å²) in [5.74, 6) is 2.42. The van der Waals surface area contributed by atoms with Crippen LogP contribution in [0.1, 0.15) is 17.0 Å². The van der Waals surface area contributed by atoms with Crippen molar-refractivity contribution in [1.82, 2.24) is 25.8 Å². The highest BCUT2D eigenvalue weighted by molar-refractivity contribution is 5.79. The van der Waals surface area contributed by atoms with Gasteiger partial charge in [0, 0.05) is 32.1 Å². The number of hydrogen-bond donors (Lipinski definition) is 3. The third-order valence-electron chi connectivity index (χ3n) is 4.21. The second-order valence-corrected chi connectivity index (χ2v) is 6.70. The number of alkyl halides is 3. The first kappa shape index (κ1) is 22.2. The van der Waals surface area contributed by atoms with Crippen LogP contribution in [0.3, 0.4) is 0 Å². The molecule has 3 rings (SSSR count). The van der Waals surface area contributed by atoms with Crippen LogP contribution in [0, 0.1) is 6.92 Å². The fraction of sp³-hybridized carbons (Fsp3) is 0.350. The number of aryl methyl sites for hydroxylation is 1. The Balaban J connectivity index is 1.50. The molecule has 0 aliphatic rings. The minimum atomic E-state index is -4.40. The molecule has 0 unspecified atom stereocenters. The molecule has 2 aromatic heterocycles. The molecule has 0 saturated carbocycles. The Morgan fingerprint density at radius 2 is 2.10 bits per heavy atom. The van der Waals surface area contributed by atoms with E-state index in [1.165, 1.54) is 0 Å². The van der Waals surface area contributed by atoms with E-state index in [9.17, 15) is 13.2 Å². The van der Waals surface area contributed by atoms with Crippen molar-refractivity contribution < 1.29 is 22.3 Å². The fourth-order valence-corrected chi connectivity index (χ4v) is 2.72. The minimum Gasteiger partial charge on any atom is -0.484 e. The highest BCUT2D eigenvalue weighted by atomic mass is 19.4. The summed E-state index contributed by atoms with van der Waals surface area (Å²) in [5, 5.41) is 13.2. The summed E-state index contributed by atoms with van der Waals surface area (Å²) in [4.78, 5) is 8.48. The maximum atomic E-state index is 12.5. The average molecular weight is 436 g/mol. The van der Waals surface area contributed by atoms with Gasteiger partial charge in [0.25, 0.3) is 0 Å². The first-order chi connectivity index (χ1) is 14.8. The summed E-state index contributed by atoms with van der Waals surface area (Å²) >= 11 is 0. The van der Waals surface area contributed by atoms with Crippen molar-refractivity contribution in [3.05, 3.63) is 53.5 Å². The predicted molar refractivity (Wildman–Crippen MR) is 109 cm³/mol. The Morgan fingerprint density at radius 1 is 1.26 bits per heavy atom. The highest BCUT2D eigenvalue weighted by Crippen LogP contribution is 2.23. The largest absolute Gasteiger partial charge is 0.484 e. The number of H-pyrrole nitrogens is 1. The van der Waals surface area contributed by atoms with E-state index in [1.54, 1.807) is 44.5 Å². The molecule has 11 heteroatoms. The third kappa shape index (κ3) is 6.76. The molecule has 0 saturated heterocycles. The van der Waals surface area contributed by atoms with Crippen LogP contribution in [0.25, 0.3) is 11.6 Å². The van der Waals surface area contributed by atoms with Crippen LogP contribution in [-0.4, -0.2) is 47.5 Å². The van der Waals surface area contributed by atoms with Gasteiger partial charge in [-0.1, -0.05) is 12.1 Å². The third-order valence-corrected chi connectivity index (χ3v) is 4.21. The maximum absolute atomic E-state index is 12.5. The molecule has 2 heterocycles. The second-order valence-electron chi connectivity index (χ2n) is 6.70. The normalized spacial score (nSPS) is 12.1. The predicted octanol–water partition coefficient (Wildman–Crippen LogP) is 3.22. The number of nitrogens with zero attached hydrogens (tertiary/aromatic N) is 3. The summed E-state index contributed by atoms with van der Waals surface area (Å²) in [6, 6.07) is 8.66. The van der Waals surface area contributed by atoms with E-state index in [0.29, 0.717) is 41.9 Å². The molecule has 0 radical (unpaired) electrons. The van der Waals surface area contributed by atoms with E-state index in [-0.39, 0.29) is 12.3 Å². The zero-order chi connectivity index (χ0) is 22.3. The van der Waals surface area contributed by atoms with Crippen molar-refractivity contribution in [3.8, 4) is 17.3 Å². The second kappa shape index (κ2) is 10.0. The van der Waals surface area contributed by atoms with E-state index in [1.807, 2.05) is 6.07 Å². The van der Waals surface area contributed by atoms with Crippen molar-refractivity contribution in [2.75, 3.05) is 20.2 Å². The van der Waals surface area contributed by atoms with Gasteiger partial charge in [0.2, 0.25) is 5.82 Å². The zero-order valence-electron chi connectivity index (χ0n) is 17.1. The first-order valence-corrected chi connectivity index (χ1v) is 9.53. The van der Waals surface area contributed by atoms with E-state index in [2.05, 4.69) is 30.8 Å². The van der Waals surface area contributed by atoms with Crippen molar-refractivity contribution in [1.29, 1.82) is 0 Å². The monoisotopic (exact) mass is 436 g/mol. The minimum absolute atomic E-state index is 0.187. The van der Waals surface area contributed by atoms with Crippen LogP contribution in [0.5, 0.6) is 5.75 Å². The van der Waals surface area contributed by atoms with Crippen LogP contribution < -0.4 is 15.4 Å². The lowest BCUT2D eigenvalue weighted by Gasteiger charge is -2.16. The zero-order valence-corrected chi connectivity index (χ0v) is 17.1. The van der Waals surface area contributed by atoms with Gasteiger partial charge in [-0.3, -0.25) is 10.1 Å². The summed E-state index contributed by atoms with van der Waals surface area (Å²) in [7, 11) is 1.61. The number of ether oxygens (including phenoxy) is 1. The van der Waals surface area contributed by atoms with Crippen LogP contribution in [0.2, 0.25) is 0 Å². The van der Waals surface area contributed by atoms with Gasteiger partial charge in [0.15, 0.2) is 18.3 Å². The number of benzene rings is 1. The molecule has 1 aromatic carbocycles.